The zero-order valence-electron chi connectivity index (χ0n) is 10.0. The first-order valence-corrected chi connectivity index (χ1v) is 6.06. The lowest BCUT2D eigenvalue weighted by Gasteiger charge is -2.19. The molecule has 0 aliphatic carbocycles. The first kappa shape index (κ1) is 12.8. The molecule has 0 saturated carbocycles. The summed E-state index contributed by atoms with van der Waals surface area (Å²) in [7, 11) is 0. The largest absolute Gasteiger partial charge is 0.466 e. The average Bonchev–Trinajstić information content (AvgIpc) is 2.31. The van der Waals surface area contributed by atoms with Gasteiger partial charge in [0.15, 0.2) is 0 Å². The number of esters is 1. The topological polar surface area (TPSA) is 29.5 Å². The molecule has 1 rings (SSSR count). The fraction of sp³-hybridized carbons (Fsp3) is 0.615. The Morgan fingerprint density at radius 1 is 1.38 bits per heavy atom. The summed E-state index contributed by atoms with van der Waals surface area (Å²) in [4.78, 5) is 13.5. The molecule has 0 aromatic rings. The molecule has 0 saturated heterocycles. The minimum Gasteiger partial charge on any atom is -0.466 e. The predicted octanol–water partition coefficient (Wildman–Crippen LogP) is 2.50. The van der Waals surface area contributed by atoms with Crippen molar-refractivity contribution in [2.24, 2.45) is 0 Å². The number of unbranched alkanes of at least 4 members (excludes halogenated alkanes) is 1. The van der Waals surface area contributed by atoms with Crippen molar-refractivity contribution in [3.05, 3.63) is 24.4 Å². The van der Waals surface area contributed by atoms with Crippen molar-refractivity contribution in [1.82, 2.24) is 4.90 Å². The first-order chi connectivity index (χ1) is 7.83. The average molecular weight is 223 g/mol. The minimum atomic E-state index is -0.0648. The molecule has 90 valence electrons. The number of hydrogen-bond acceptors (Lipinski definition) is 3. The van der Waals surface area contributed by atoms with Crippen LogP contribution in [0.4, 0.5) is 0 Å². The standard InChI is InChI=1S/C13H21NO2/c1-2-3-12-16-13(15)8-7-11-14-9-5-4-6-10-14/h4-6,9H,2-3,7-8,10-12H2,1H3. The Balaban J connectivity index is 1.99. The van der Waals surface area contributed by atoms with Gasteiger partial charge in [-0.1, -0.05) is 25.5 Å². The molecule has 0 amide bonds. The molecule has 0 radical (unpaired) electrons. The van der Waals surface area contributed by atoms with Crippen LogP contribution in [0.1, 0.15) is 32.6 Å². The van der Waals surface area contributed by atoms with E-state index in [1.807, 2.05) is 12.2 Å². The van der Waals surface area contributed by atoms with Crippen LogP contribution in [0.2, 0.25) is 0 Å². The van der Waals surface area contributed by atoms with Gasteiger partial charge >= 0.3 is 5.97 Å². The van der Waals surface area contributed by atoms with Crippen molar-refractivity contribution in [1.29, 1.82) is 0 Å². The van der Waals surface area contributed by atoms with Crippen molar-refractivity contribution < 1.29 is 9.53 Å². The van der Waals surface area contributed by atoms with E-state index < -0.39 is 0 Å². The lowest BCUT2D eigenvalue weighted by molar-refractivity contribution is -0.143. The summed E-state index contributed by atoms with van der Waals surface area (Å²) in [6, 6.07) is 0. The Morgan fingerprint density at radius 2 is 2.25 bits per heavy atom. The van der Waals surface area contributed by atoms with Crippen molar-refractivity contribution in [3.8, 4) is 0 Å². The molecule has 3 heteroatoms. The Morgan fingerprint density at radius 3 is 2.94 bits per heavy atom. The molecule has 1 heterocycles. The maximum absolute atomic E-state index is 11.3. The van der Waals surface area contributed by atoms with E-state index in [1.165, 1.54) is 0 Å². The second kappa shape index (κ2) is 7.97. The number of ether oxygens (including phenoxy) is 1. The Kier molecular flexibility index (Phi) is 6.38. The number of rotatable bonds is 7. The molecule has 0 atom stereocenters. The summed E-state index contributed by atoms with van der Waals surface area (Å²) in [6.45, 7) is 4.52. The summed E-state index contributed by atoms with van der Waals surface area (Å²) >= 11 is 0. The van der Waals surface area contributed by atoms with Gasteiger partial charge in [0.2, 0.25) is 0 Å². The van der Waals surface area contributed by atoms with Gasteiger partial charge in [-0.05, 0) is 25.1 Å². The molecule has 0 bridgehead atoms. The van der Waals surface area contributed by atoms with Crippen LogP contribution in [0, 0.1) is 0 Å². The second-order valence-corrected chi connectivity index (χ2v) is 3.94. The second-order valence-electron chi connectivity index (χ2n) is 3.94. The van der Waals surface area contributed by atoms with Gasteiger partial charge in [-0.3, -0.25) is 4.79 Å². The number of hydrogen-bond donors (Lipinski definition) is 0. The SMILES string of the molecule is CCCCOC(=O)CCCN1C=CC=CC1. The van der Waals surface area contributed by atoms with Crippen LogP contribution < -0.4 is 0 Å². The van der Waals surface area contributed by atoms with Gasteiger partial charge in [-0.15, -0.1) is 0 Å². The lowest BCUT2D eigenvalue weighted by Crippen LogP contribution is -2.21. The molecule has 1 aliphatic heterocycles. The summed E-state index contributed by atoms with van der Waals surface area (Å²) in [6.07, 6.45) is 11.6. The zero-order chi connectivity index (χ0) is 11.6. The molecule has 0 N–H and O–H groups in total. The lowest BCUT2D eigenvalue weighted by atomic mass is 10.2. The molecule has 3 nitrogen and oxygen atoms in total. The van der Waals surface area contributed by atoms with E-state index in [0.29, 0.717) is 13.0 Å². The number of carbonyl (C=O) groups is 1. The van der Waals surface area contributed by atoms with E-state index in [0.717, 1.165) is 32.4 Å². The molecule has 0 fully saturated rings. The van der Waals surface area contributed by atoms with Gasteiger partial charge in [0, 0.05) is 19.5 Å². The highest BCUT2D eigenvalue weighted by Gasteiger charge is 2.04. The smallest absolute Gasteiger partial charge is 0.305 e. The van der Waals surface area contributed by atoms with Crippen LogP contribution in [-0.2, 0) is 9.53 Å². The van der Waals surface area contributed by atoms with Crippen molar-refractivity contribution >= 4 is 5.97 Å². The first-order valence-electron chi connectivity index (χ1n) is 6.06. The van der Waals surface area contributed by atoms with Crippen LogP contribution in [0.5, 0.6) is 0 Å². The van der Waals surface area contributed by atoms with Gasteiger partial charge in [0.05, 0.1) is 6.61 Å². The monoisotopic (exact) mass is 223 g/mol. The Labute approximate surface area is 97.8 Å². The summed E-state index contributed by atoms with van der Waals surface area (Å²) < 4.78 is 5.08. The quantitative estimate of drug-likeness (QED) is 0.490. The molecule has 0 spiro atoms. The van der Waals surface area contributed by atoms with Gasteiger partial charge in [0.25, 0.3) is 0 Å². The summed E-state index contributed by atoms with van der Waals surface area (Å²) in [5.74, 6) is -0.0648. The van der Waals surface area contributed by atoms with Crippen LogP contribution >= 0.6 is 0 Å². The number of allylic oxidation sites excluding steroid dienone is 2. The Hall–Kier alpha value is -1.25. The van der Waals surface area contributed by atoms with Gasteiger partial charge in [0.1, 0.15) is 0 Å². The summed E-state index contributed by atoms with van der Waals surface area (Å²) in [5.41, 5.74) is 0. The molecule has 16 heavy (non-hydrogen) atoms. The van der Waals surface area contributed by atoms with E-state index in [9.17, 15) is 4.79 Å². The van der Waals surface area contributed by atoms with Crippen molar-refractivity contribution in [2.75, 3.05) is 19.7 Å². The Bertz CT molecular complexity index is 259. The fourth-order valence-electron chi connectivity index (χ4n) is 1.50. The van der Waals surface area contributed by atoms with Crippen molar-refractivity contribution in [2.45, 2.75) is 32.6 Å². The predicted molar refractivity (Wildman–Crippen MR) is 65.0 cm³/mol. The van der Waals surface area contributed by atoms with Crippen LogP contribution in [0.25, 0.3) is 0 Å². The molecule has 0 aromatic heterocycles. The maximum atomic E-state index is 11.3. The van der Waals surface area contributed by atoms with Gasteiger partial charge < -0.3 is 9.64 Å². The van der Waals surface area contributed by atoms with E-state index in [2.05, 4.69) is 24.1 Å². The maximum Gasteiger partial charge on any atom is 0.305 e. The highest BCUT2D eigenvalue weighted by molar-refractivity contribution is 5.69. The van der Waals surface area contributed by atoms with Gasteiger partial charge in [-0.2, -0.15) is 0 Å². The fourth-order valence-corrected chi connectivity index (χ4v) is 1.50. The molecule has 0 aromatic carbocycles. The third-order valence-electron chi connectivity index (χ3n) is 2.47. The van der Waals surface area contributed by atoms with Crippen molar-refractivity contribution in [3.63, 3.8) is 0 Å². The minimum absolute atomic E-state index is 0.0648. The van der Waals surface area contributed by atoms with Crippen LogP contribution in [0.3, 0.4) is 0 Å². The van der Waals surface area contributed by atoms with E-state index in [1.54, 1.807) is 0 Å². The normalized spacial score (nSPS) is 14.2. The highest BCUT2D eigenvalue weighted by Crippen LogP contribution is 2.02. The third kappa shape index (κ3) is 5.59. The number of carbonyl (C=O) groups excluding carboxylic acids is 1. The molecule has 0 unspecified atom stereocenters. The van der Waals surface area contributed by atoms with Gasteiger partial charge in [-0.25, -0.2) is 0 Å². The van der Waals surface area contributed by atoms with E-state index in [-0.39, 0.29) is 5.97 Å². The zero-order valence-corrected chi connectivity index (χ0v) is 10.0. The van der Waals surface area contributed by atoms with Crippen LogP contribution in [0.15, 0.2) is 24.4 Å². The molecule has 1 aliphatic rings. The molecular weight excluding hydrogens is 202 g/mol. The third-order valence-corrected chi connectivity index (χ3v) is 2.47. The van der Waals surface area contributed by atoms with Crippen LogP contribution in [-0.4, -0.2) is 30.6 Å². The number of nitrogens with zero attached hydrogens (tertiary/aromatic N) is 1. The van der Waals surface area contributed by atoms with E-state index in [4.69, 9.17) is 4.74 Å². The summed E-state index contributed by atoms with van der Waals surface area (Å²) in [5, 5.41) is 0. The highest BCUT2D eigenvalue weighted by atomic mass is 16.5. The van der Waals surface area contributed by atoms with E-state index >= 15 is 0 Å². The molecular formula is C13H21NO2.